The van der Waals surface area contributed by atoms with Crippen LogP contribution in [0.2, 0.25) is 0 Å². The molecular formula is C14H24N2. The number of nitrogens with zero attached hydrogens (tertiary/aromatic N) is 1. The molecule has 0 amide bonds. The lowest BCUT2D eigenvalue weighted by atomic mass is 10.2. The van der Waals surface area contributed by atoms with Crippen molar-refractivity contribution >= 4 is 5.69 Å². The molecule has 16 heavy (non-hydrogen) atoms. The Kier molecular flexibility index (Phi) is 5.33. The lowest BCUT2D eigenvalue weighted by molar-refractivity contribution is 0.261. The molecule has 1 atom stereocenters. The summed E-state index contributed by atoms with van der Waals surface area (Å²) >= 11 is 0. The fraction of sp³-hybridized carbons (Fsp3) is 0.571. The molecular weight excluding hydrogens is 196 g/mol. The topological polar surface area (TPSA) is 15.3 Å². The maximum atomic E-state index is 3.45. The van der Waals surface area contributed by atoms with Gasteiger partial charge in [0.05, 0.1) is 0 Å². The highest BCUT2D eigenvalue weighted by atomic mass is 15.1. The Morgan fingerprint density at radius 3 is 2.75 bits per heavy atom. The maximum Gasteiger partial charge on any atom is 0.0343 e. The van der Waals surface area contributed by atoms with Gasteiger partial charge in [-0.2, -0.15) is 0 Å². The number of anilines is 1. The van der Waals surface area contributed by atoms with Crippen molar-refractivity contribution in [2.45, 2.75) is 33.2 Å². The molecule has 2 nitrogen and oxygen atoms in total. The van der Waals surface area contributed by atoms with E-state index in [4.69, 9.17) is 0 Å². The lowest BCUT2D eigenvalue weighted by Gasteiger charge is -2.23. The number of likely N-dealkylation sites (N-methyl/N-ethyl adjacent to an activating group) is 1. The SMILES string of the molecule is CCC(C)N(C)CCNc1cccc(C)c1. The van der Waals surface area contributed by atoms with E-state index in [2.05, 4.69) is 62.3 Å². The Bertz CT molecular complexity index is 309. The van der Waals surface area contributed by atoms with Gasteiger partial charge in [-0.3, -0.25) is 0 Å². The fourth-order valence-electron chi connectivity index (χ4n) is 1.66. The highest BCUT2D eigenvalue weighted by Crippen LogP contribution is 2.09. The first-order chi connectivity index (χ1) is 7.63. The summed E-state index contributed by atoms with van der Waals surface area (Å²) < 4.78 is 0. The summed E-state index contributed by atoms with van der Waals surface area (Å²) in [4.78, 5) is 2.39. The quantitative estimate of drug-likeness (QED) is 0.792. The second-order valence-electron chi connectivity index (χ2n) is 4.53. The number of rotatable bonds is 6. The minimum Gasteiger partial charge on any atom is -0.384 e. The van der Waals surface area contributed by atoms with Crippen molar-refractivity contribution in [3.8, 4) is 0 Å². The van der Waals surface area contributed by atoms with Crippen LogP contribution in [0.3, 0.4) is 0 Å². The zero-order valence-corrected chi connectivity index (χ0v) is 11.0. The van der Waals surface area contributed by atoms with Gasteiger partial charge in [-0.05, 0) is 45.0 Å². The normalized spacial score (nSPS) is 12.8. The summed E-state index contributed by atoms with van der Waals surface area (Å²) in [7, 11) is 2.19. The van der Waals surface area contributed by atoms with E-state index >= 15 is 0 Å². The van der Waals surface area contributed by atoms with Gasteiger partial charge in [0.1, 0.15) is 0 Å². The number of nitrogens with one attached hydrogen (secondary N) is 1. The van der Waals surface area contributed by atoms with Crippen molar-refractivity contribution in [1.82, 2.24) is 4.90 Å². The molecule has 0 spiro atoms. The van der Waals surface area contributed by atoms with Crippen LogP contribution in [0.25, 0.3) is 0 Å². The van der Waals surface area contributed by atoms with Crippen LogP contribution in [0.15, 0.2) is 24.3 Å². The van der Waals surface area contributed by atoms with Crippen molar-refractivity contribution in [2.24, 2.45) is 0 Å². The van der Waals surface area contributed by atoms with Crippen LogP contribution in [0.5, 0.6) is 0 Å². The summed E-state index contributed by atoms with van der Waals surface area (Å²) in [6, 6.07) is 9.19. The molecule has 0 saturated heterocycles. The van der Waals surface area contributed by atoms with Crippen LogP contribution in [0.4, 0.5) is 5.69 Å². The van der Waals surface area contributed by atoms with E-state index in [0.717, 1.165) is 13.1 Å². The molecule has 1 rings (SSSR count). The largest absolute Gasteiger partial charge is 0.384 e. The van der Waals surface area contributed by atoms with Crippen molar-refractivity contribution < 1.29 is 0 Å². The predicted molar refractivity (Wildman–Crippen MR) is 72.1 cm³/mol. The van der Waals surface area contributed by atoms with Gasteiger partial charge in [0.15, 0.2) is 0 Å². The van der Waals surface area contributed by atoms with E-state index in [1.165, 1.54) is 17.7 Å². The Labute approximate surface area is 99.7 Å². The Balaban J connectivity index is 2.30. The fourth-order valence-corrected chi connectivity index (χ4v) is 1.66. The Morgan fingerprint density at radius 1 is 1.38 bits per heavy atom. The molecule has 1 aromatic rings. The van der Waals surface area contributed by atoms with E-state index in [9.17, 15) is 0 Å². The first-order valence-electron chi connectivity index (χ1n) is 6.14. The van der Waals surface area contributed by atoms with E-state index in [0.29, 0.717) is 6.04 Å². The van der Waals surface area contributed by atoms with Gasteiger partial charge >= 0.3 is 0 Å². The van der Waals surface area contributed by atoms with Crippen molar-refractivity contribution in [2.75, 3.05) is 25.5 Å². The second kappa shape index (κ2) is 6.54. The van der Waals surface area contributed by atoms with E-state index in [-0.39, 0.29) is 0 Å². The maximum absolute atomic E-state index is 3.45. The van der Waals surface area contributed by atoms with Crippen LogP contribution in [0.1, 0.15) is 25.8 Å². The summed E-state index contributed by atoms with van der Waals surface area (Å²) in [5, 5.41) is 3.45. The standard InChI is InChI=1S/C14H24N2/c1-5-13(3)16(4)10-9-15-14-8-6-7-12(2)11-14/h6-8,11,13,15H,5,9-10H2,1-4H3. The van der Waals surface area contributed by atoms with Gasteiger partial charge in [0.25, 0.3) is 0 Å². The molecule has 0 bridgehead atoms. The first kappa shape index (κ1) is 13.0. The highest BCUT2D eigenvalue weighted by molar-refractivity contribution is 5.45. The van der Waals surface area contributed by atoms with Gasteiger partial charge < -0.3 is 10.2 Å². The predicted octanol–water partition coefficient (Wildman–Crippen LogP) is 3.14. The summed E-state index contributed by atoms with van der Waals surface area (Å²) in [6.45, 7) is 8.71. The molecule has 0 heterocycles. The molecule has 1 N–H and O–H groups in total. The summed E-state index contributed by atoms with van der Waals surface area (Å²) in [6.07, 6.45) is 1.21. The minimum atomic E-state index is 0.666. The lowest BCUT2D eigenvalue weighted by Crippen LogP contribution is -2.32. The molecule has 90 valence electrons. The molecule has 0 aliphatic carbocycles. The van der Waals surface area contributed by atoms with Crippen LogP contribution >= 0.6 is 0 Å². The molecule has 0 radical (unpaired) electrons. The van der Waals surface area contributed by atoms with Crippen molar-refractivity contribution in [1.29, 1.82) is 0 Å². The van der Waals surface area contributed by atoms with Crippen LogP contribution in [-0.2, 0) is 0 Å². The highest BCUT2D eigenvalue weighted by Gasteiger charge is 2.05. The van der Waals surface area contributed by atoms with Crippen molar-refractivity contribution in [3.05, 3.63) is 29.8 Å². The minimum absolute atomic E-state index is 0.666. The second-order valence-corrected chi connectivity index (χ2v) is 4.53. The van der Waals surface area contributed by atoms with Gasteiger partial charge in [-0.1, -0.05) is 19.1 Å². The smallest absolute Gasteiger partial charge is 0.0343 e. The average molecular weight is 220 g/mol. The zero-order valence-electron chi connectivity index (χ0n) is 11.0. The van der Waals surface area contributed by atoms with Gasteiger partial charge in [-0.15, -0.1) is 0 Å². The third-order valence-electron chi connectivity index (χ3n) is 3.15. The van der Waals surface area contributed by atoms with Crippen LogP contribution in [0, 0.1) is 6.92 Å². The molecule has 0 aromatic heterocycles. The molecule has 2 heteroatoms. The molecule has 0 saturated carbocycles. The number of hydrogen-bond acceptors (Lipinski definition) is 2. The van der Waals surface area contributed by atoms with Crippen LogP contribution in [-0.4, -0.2) is 31.1 Å². The molecule has 0 aliphatic rings. The van der Waals surface area contributed by atoms with E-state index in [1.54, 1.807) is 0 Å². The number of hydrogen-bond donors (Lipinski definition) is 1. The summed E-state index contributed by atoms with van der Waals surface area (Å²) in [5.74, 6) is 0. The monoisotopic (exact) mass is 220 g/mol. The number of aryl methyl sites for hydroxylation is 1. The first-order valence-corrected chi connectivity index (χ1v) is 6.14. The molecule has 0 aliphatic heterocycles. The van der Waals surface area contributed by atoms with E-state index in [1.807, 2.05) is 0 Å². The van der Waals surface area contributed by atoms with Gasteiger partial charge in [-0.25, -0.2) is 0 Å². The van der Waals surface area contributed by atoms with Gasteiger partial charge in [0, 0.05) is 24.8 Å². The third kappa shape index (κ3) is 4.23. The number of benzene rings is 1. The molecule has 1 aromatic carbocycles. The molecule has 0 fully saturated rings. The van der Waals surface area contributed by atoms with Crippen molar-refractivity contribution in [3.63, 3.8) is 0 Å². The van der Waals surface area contributed by atoms with E-state index < -0.39 is 0 Å². The molecule has 1 unspecified atom stereocenters. The van der Waals surface area contributed by atoms with Gasteiger partial charge in [0.2, 0.25) is 0 Å². The van der Waals surface area contributed by atoms with Crippen LogP contribution < -0.4 is 5.32 Å². The average Bonchev–Trinajstić information content (AvgIpc) is 2.28. The Morgan fingerprint density at radius 2 is 2.12 bits per heavy atom. The third-order valence-corrected chi connectivity index (χ3v) is 3.15. The summed E-state index contributed by atoms with van der Waals surface area (Å²) in [5.41, 5.74) is 2.53. The zero-order chi connectivity index (χ0) is 12.0. The Hall–Kier alpha value is -1.02.